The quantitative estimate of drug-likeness (QED) is 0.538. The molecule has 4 nitrogen and oxygen atoms in total. The second kappa shape index (κ2) is 9.07. The van der Waals surface area contributed by atoms with Gasteiger partial charge in [0.1, 0.15) is 17.1 Å². The number of benzene rings is 2. The topological polar surface area (TPSA) is 39.9 Å². The lowest BCUT2D eigenvalue weighted by Crippen LogP contribution is -2.45. The molecule has 1 aromatic heterocycles. The minimum Gasteiger partial charge on any atom is -0.507 e. The number of aryl methyl sites for hydroxylation is 1. The van der Waals surface area contributed by atoms with Crippen molar-refractivity contribution in [2.24, 2.45) is 0 Å². The summed E-state index contributed by atoms with van der Waals surface area (Å²) in [5.74, 6) is 1.29. The van der Waals surface area contributed by atoms with Gasteiger partial charge >= 0.3 is 0 Å². The predicted molar refractivity (Wildman–Crippen MR) is 124 cm³/mol. The standard InChI is InChI=1S/C26H32N2O2/c1-4-6-20-15-23(18-28-12-10-27(9-5-2)11-13-28)26(29)24(16-20)21-7-8-25-22(17-21)14-19(3)30-25/h4,7-8,14-17,29H,1,5-6,9-13,18H2,2-3H3. The van der Waals surface area contributed by atoms with Gasteiger partial charge in [0.2, 0.25) is 0 Å². The molecule has 4 rings (SSSR count). The molecule has 1 fully saturated rings. The maximum absolute atomic E-state index is 11.2. The first-order valence-electron chi connectivity index (χ1n) is 11.0. The number of fused-ring (bicyclic) bond motifs is 1. The van der Waals surface area contributed by atoms with E-state index in [-0.39, 0.29) is 0 Å². The Hall–Kier alpha value is -2.56. The Morgan fingerprint density at radius 2 is 1.83 bits per heavy atom. The molecule has 0 aliphatic carbocycles. The Labute approximate surface area is 179 Å². The van der Waals surface area contributed by atoms with Crippen molar-refractivity contribution < 1.29 is 9.52 Å². The van der Waals surface area contributed by atoms with Gasteiger partial charge < -0.3 is 14.4 Å². The minimum absolute atomic E-state index is 0.387. The summed E-state index contributed by atoms with van der Waals surface area (Å²) in [5, 5.41) is 12.3. The van der Waals surface area contributed by atoms with Crippen LogP contribution < -0.4 is 0 Å². The Morgan fingerprint density at radius 1 is 1.07 bits per heavy atom. The van der Waals surface area contributed by atoms with Crippen molar-refractivity contribution >= 4 is 11.0 Å². The molecule has 0 unspecified atom stereocenters. The van der Waals surface area contributed by atoms with Crippen LogP contribution in [-0.2, 0) is 13.0 Å². The number of piperazine rings is 1. The first-order chi connectivity index (χ1) is 14.6. The number of hydrogen-bond donors (Lipinski definition) is 1. The van der Waals surface area contributed by atoms with Crippen LogP contribution in [0.3, 0.4) is 0 Å². The van der Waals surface area contributed by atoms with Gasteiger partial charge in [-0.15, -0.1) is 6.58 Å². The van der Waals surface area contributed by atoms with E-state index in [0.717, 1.165) is 72.6 Å². The summed E-state index contributed by atoms with van der Waals surface area (Å²) < 4.78 is 5.72. The van der Waals surface area contributed by atoms with E-state index in [1.54, 1.807) is 0 Å². The van der Waals surface area contributed by atoms with Gasteiger partial charge in [-0.05, 0) is 61.7 Å². The molecule has 1 N–H and O–H groups in total. The molecular formula is C26H32N2O2. The van der Waals surface area contributed by atoms with E-state index in [1.165, 1.54) is 18.5 Å². The zero-order valence-electron chi connectivity index (χ0n) is 18.2. The molecule has 1 aliphatic rings. The van der Waals surface area contributed by atoms with Crippen molar-refractivity contribution in [3.05, 3.63) is 65.9 Å². The monoisotopic (exact) mass is 404 g/mol. The second-order valence-corrected chi connectivity index (χ2v) is 8.37. The van der Waals surface area contributed by atoms with Gasteiger partial charge in [0.15, 0.2) is 0 Å². The summed E-state index contributed by atoms with van der Waals surface area (Å²) >= 11 is 0. The highest BCUT2D eigenvalue weighted by Crippen LogP contribution is 2.36. The average molecular weight is 405 g/mol. The van der Waals surface area contributed by atoms with Gasteiger partial charge in [-0.3, -0.25) is 4.90 Å². The van der Waals surface area contributed by atoms with Crippen LogP contribution in [0.4, 0.5) is 0 Å². The zero-order chi connectivity index (χ0) is 21.1. The molecule has 158 valence electrons. The van der Waals surface area contributed by atoms with Crippen molar-refractivity contribution in [2.45, 2.75) is 33.2 Å². The zero-order valence-corrected chi connectivity index (χ0v) is 18.2. The number of hydrogen-bond acceptors (Lipinski definition) is 4. The Balaban J connectivity index is 1.64. The van der Waals surface area contributed by atoms with E-state index >= 15 is 0 Å². The summed E-state index contributed by atoms with van der Waals surface area (Å²) in [7, 11) is 0. The van der Waals surface area contributed by atoms with Crippen LogP contribution in [-0.4, -0.2) is 47.6 Å². The molecule has 0 bridgehead atoms. The van der Waals surface area contributed by atoms with Gasteiger partial charge in [-0.1, -0.05) is 25.1 Å². The average Bonchev–Trinajstić information content (AvgIpc) is 3.11. The first-order valence-corrected chi connectivity index (χ1v) is 11.0. The van der Waals surface area contributed by atoms with Crippen LogP contribution in [0.2, 0.25) is 0 Å². The van der Waals surface area contributed by atoms with E-state index in [1.807, 2.05) is 31.2 Å². The number of allylic oxidation sites excluding steroid dienone is 1. The van der Waals surface area contributed by atoms with E-state index in [0.29, 0.717) is 5.75 Å². The highest BCUT2D eigenvalue weighted by Gasteiger charge is 2.19. The number of aromatic hydroxyl groups is 1. The van der Waals surface area contributed by atoms with Gasteiger partial charge in [0.05, 0.1) is 0 Å². The van der Waals surface area contributed by atoms with Crippen LogP contribution in [0.1, 0.15) is 30.2 Å². The Morgan fingerprint density at radius 3 is 2.57 bits per heavy atom. The minimum atomic E-state index is 0.387. The highest BCUT2D eigenvalue weighted by molar-refractivity contribution is 5.86. The number of rotatable bonds is 7. The van der Waals surface area contributed by atoms with Crippen LogP contribution in [0.25, 0.3) is 22.1 Å². The largest absolute Gasteiger partial charge is 0.507 e. The molecule has 2 heterocycles. The highest BCUT2D eigenvalue weighted by atomic mass is 16.3. The SMILES string of the molecule is C=CCc1cc(CN2CCN(CCC)CC2)c(O)c(-c2ccc3oc(C)cc3c2)c1. The van der Waals surface area contributed by atoms with Crippen LogP contribution in [0, 0.1) is 6.92 Å². The summed E-state index contributed by atoms with van der Waals surface area (Å²) in [6.07, 6.45) is 3.91. The summed E-state index contributed by atoms with van der Waals surface area (Å²) in [4.78, 5) is 4.98. The first kappa shape index (κ1) is 20.7. The third kappa shape index (κ3) is 4.45. The Kier molecular flexibility index (Phi) is 6.26. The molecule has 4 heteroatoms. The van der Waals surface area contributed by atoms with Crippen molar-refractivity contribution in [1.29, 1.82) is 0 Å². The number of phenolic OH excluding ortho intramolecular Hbond substituents is 1. The van der Waals surface area contributed by atoms with Crippen molar-refractivity contribution in [2.75, 3.05) is 32.7 Å². The molecule has 1 saturated heterocycles. The van der Waals surface area contributed by atoms with Crippen LogP contribution in [0.15, 0.2) is 53.5 Å². The molecule has 0 atom stereocenters. The summed E-state index contributed by atoms with van der Waals surface area (Å²) in [5.41, 5.74) is 4.95. The summed E-state index contributed by atoms with van der Waals surface area (Å²) in [6, 6.07) is 12.4. The van der Waals surface area contributed by atoms with Gasteiger partial charge in [-0.2, -0.15) is 0 Å². The number of phenols is 1. The third-order valence-corrected chi connectivity index (χ3v) is 5.98. The summed E-state index contributed by atoms with van der Waals surface area (Å²) in [6.45, 7) is 14.3. The smallest absolute Gasteiger partial charge is 0.134 e. The molecule has 0 spiro atoms. The lowest BCUT2D eigenvalue weighted by molar-refractivity contribution is 0.126. The molecule has 30 heavy (non-hydrogen) atoms. The number of nitrogens with zero attached hydrogens (tertiary/aromatic N) is 2. The molecule has 0 amide bonds. The van der Waals surface area contributed by atoms with Crippen molar-refractivity contribution in [3.63, 3.8) is 0 Å². The van der Waals surface area contributed by atoms with E-state index in [9.17, 15) is 5.11 Å². The second-order valence-electron chi connectivity index (χ2n) is 8.37. The van der Waals surface area contributed by atoms with Crippen LogP contribution in [0.5, 0.6) is 5.75 Å². The molecule has 3 aromatic rings. The van der Waals surface area contributed by atoms with Gasteiger partial charge in [-0.25, -0.2) is 0 Å². The fourth-order valence-corrected chi connectivity index (χ4v) is 4.46. The number of furan rings is 1. The van der Waals surface area contributed by atoms with E-state index in [4.69, 9.17) is 4.42 Å². The van der Waals surface area contributed by atoms with E-state index < -0.39 is 0 Å². The molecule has 1 aliphatic heterocycles. The van der Waals surface area contributed by atoms with Crippen LogP contribution >= 0.6 is 0 Å². The van der Waals surface area contributed by atoms with Gasteiger partial charge in [0, 0.05) is 49.2 Å². The van der Waals surface area contributed by atoms with Crippen molar-refractivity contribution in [3.8, 4) is 16.9 Å². The maximum Gasteiger partial charge on any atom is 0.134 e. The molecule has 0 saturated carbocycles. The Bertz CT molecular complexity index is 1030. The molecular weight excluding hydrogens is 372 g/mol. The fourth-order valence-electron chi connectivity index (χ4n) is 4.46. The lowest BCUT2D eigenvalue weighted by atomic mass is 9.95. The lowest BCUT2D eigenvalue weighted by Gasteiger charge is -2.34. The third-order valence-electron chi connectivity index (χ3n) is 5.98. The van der Waals surface area contributed by atoms with Crippen molar-refractivity contribution in [1.82, 2.24) is 9.80 Å². The predicted octanol–water partition coefficient (Wildman–Crippen LogP) is 5.37. The fraction of sp³-hybridized carbons (Fsp3) is 0.385. The normalized spacial score (nSPS) is 15.7. The van der Waals surface area contributed by atoms with E-state index in [2.05, 4.69) is 41.5 Å². The molecule has 2 aromatic carbocycles. The maximum atomic E-state index is 11.2. The van der Waals surface area contributed by atoms with Gasteiger partial charge in [0.25, 0.3) is 0 Å². The molecule has 0 radical (unpaired) electrons.